The minimum Gasteiger partial charge on any atom is -0.459 e. The van der Waals surface area contributed by atoms with Gasteiger partial charge in [0.25, 0.3) is 10.1 Å². The van der Waals surface area contributed by atoms with Crippen molar-refractivity contribution in [3.05, 3.63) is 0 Å². The van der Waals surface area contributed by atoms with Gasteiger partial charge in [0.2, 0.25) is 0 Å². The van der Waals surface area contributed by atoms with Gasteiger partial charge in [-0.15, -0.1) is 0 Å². The molecule has 10 aliphatic carbocycles. The van der Waals surface area contributed by atoms with Crippen LogP contribution in [-0.2, 0) is 81.0 Å². The predicted octanol–water partition coefficient (Wildman–Crippen LogP) is 8.41. The van der Waals surface area contributed by atoms with Crippen molar-refractivity contribution in [2.24, 2.45) is 101 Å². The Balaban J connectivity index is 0.000000116. The monoisotopic (exact) mass is 1360 g/mol. The van der Waals surface area contributed by atoms with Crippen molar-refractivity contribution in [2.75, 3.05) is 85.1 Å². The van der Waals surface area contributed by atoms with Crippen molar-refractivity contribution in [2.45, 2.75) is 237 Å². The van der Waals surface area contributed by atoms with Crippen molar-refractivity contribution in [3.8, 4) is 0 Å². The number of hydrogen-bond acceptors (Lipinski definition) is 21. The van der Waals surface area contributed by atoms with Gasteiger partial charge in [-0.05, 0) is 204 Å². The van der Waals surface area contributed by atoms with Crippen LogP contribution in [0.2, 0.25) is 0 Å². The van der Waals surface area contributed by atoms with E-state index in [0.717, 1.165) is 116 Å². The van der Waals surface area contributed by atoms with Gasteiger partial charge in [0.1, 0.15) is 42.2 Å². The number of piperidine rings is 4. The molecule has 96 heavy (non-hydrogen) atoms. The van der Waals surface area contributed by atoms with E-state index in [0.29, 0.717) is 42.6 Å². The molecule has 7 heterocycles. The molecule has 10 saturated carbocycles. The third kappa shape index (κ3) is 14.9. The molecular weight excluding hydrogens is 1250 g/mol. The zero-order valence-electron chi connectivity index (χ0n) is 58.4. The fourth-order valence-electron chi connectivity index (χ4n) is 22.0. The van der Waals surface area contributed by atoms with E-state index in [-0.39, 0.29) is 143 Å². The van der Waals surface area contributed by atoms with E-state index in [1.807, 2.05) is 20.8 Å². The lowest BCUT2D eigenvalue weighted by molar-refractivity contribution is -0.228. The van der Waals surface area contributed by atoms with Crippen molar-refractivity contribution in [3.63, 3.8) is 0 Å². The highest BCUT2D eigenvalue weighted by Crippen LogP contribution is 2.63. The third-order valence-corrected chi connectivity index (χ3v) is 28.2. The number of hydrogen-bond donors (Lipinski definition) is 0. The predicted molar refractivity (Wildman–Crippen MR) is 352 cm³/mol. The van der Waals surface area contributed by atoms with Crippen LogP contribution in [-0.4, -0.2) is 202 Å². The van der Waals surface area contributed by atoms with E-state index >= 15 is 0 Å². The topological polar surface area (TPSA) is 240 Å². The molecule has 0 radical (unpaired) electrons. The first-order chi connectivity index (χ1) is 46.1. The summed E-state index contributed by atoms with van der Waals surface area (Å²) in [6.45, 7) is 23.7. The summed E-state index contributed by atoms with van der Waals surface area (Å²) in [5, 5.41) is -0.363. The van der Waals surface area contributed by atoms with Gasteiger partial charge in [-0.2, -0.15) is 8.42 Å². The molecule has 10 bridgehead atoms. The first-order valence-electron chi connectivity index (χ1n) is 38.3. The second-order valence-electron chi connectivity index (χ2n) is 33.4. The fraction of sp³-hybridized carbons (Fsp3) is 0.905. The van der Waals surface area contributed by atoms with Gasteiger partial charge < -0.3 is 52.8 Å². The Hall–Kier alpha value is -3.96. The summed E-state index contributed by atoms with van der Waals surface area (Å²) in [4.78, 5) is 95.1. The molecule has 0 aromatic carbocycles. The largest absolute Gasteiger partial charge is 0.459 e. The van der Waals surface area contributed by atoms with Gasteiger partial charge in [-0.25, -0.2) is 4.79 Å². The van der Waals surface area contributed by atoms with E-state index in [9.17, 15) is 42.0 Å². The van der Waals surface area contributed by atoms with Crippen molar-refractivity contribution in [1.29, 1.82) is 0 Å². The zero-order chi connectivity index (χ0) is 67.3. The number of carbonyl (C=O) groups is 7. The number of nitrogens with zero attached hydrogens (tertiary/aromatic N) is 4. The van der Waals surface area contributed by atoms with E-state index in [1.165, 1.54) is 109 Å². The van der Waals surface area contributed by atoms with Crippen LogP contribution in [0.3, 0.4) is 0 Å². The van der Waals surface area contributed by atoms with E-state index in [1.54, 1.807) is 0 Å². The Labute approximate surface area is 570 Å². The Morgan fingerprint density at radius 1 is 0.448 bits per heavy atom. The summed E-state index contributed by atoms with van der Waals surface area (Å²) in [5.41, 5.74) is -0.166. The SMILES string of the molecule is CC(CN1CCCCC1)C(=O)OC1(C(C)C)C2CC3CC(C2)CC1C3.CC(CN1CCCCC1)C(=O)OC1C2CC3C(=O)OC1C3C2.CC(CN1CCCCC1)C(=O)OC1C2CC3C1OS(=O)(=O)C3C2.CC(CN1CCCCC1)C(=O)OCC(=O)OC1C2CC3C(=O)OC1C3C2. The lowest BCUT2D eigenvalue weighted by atomic mass is 9.47. The maximum absolute atomic E-state index is 13.1. The number of ether oxygens (including phenoxy) is 7. The van der Waals surface area contributed by atoms with E-state index in [4.69, 9.17) is 37.3 Å². The molecule has 7 saturated heterocycles. The van der Waals surface area contributed by atoms with Crippen LogP contribution in [0.1, 0.15) is 189 Å². The number of carbonyl (C=O) groups excluding carboxylic acids is 7. The van der Waals surface area contributed by atoms with Crippen LogP contribution in [0.25, 0.3) is 0 Å². The molecule has 0 spiro atoms. The quantitative estimate of drug-likeness (QED) is 0.0669. The molecular formula is C74H114N4O17S. The van der Waals surface area contributed by atoms with Crippen LogP contribution < -0.4 is 0 Å². The summed E-state index contributed by atoms with van der Waals surface area (Å²) in [5.74, 6) is 2.83. The molecule has 0 aromatic rings. The molecule has 17 rings (SSSR count). The van der Waals surface area contributed by atoms with E-state index < -0.39 is 22.2 Å². The minimum atomic E-state index is -3.44. The first-order valence-corrected chi connectivity index (χ1v) is 39.8. The average Bonchev–Trinajstić information content (AvgIpc) is 1.35. The molecule has 17 aliphatic rings. The fourth-order valence-corrected chi connectivity index (χ4v) is 23.9. The Kier molecular flexibility index (Phi) is 22.0. The Morgan fingerprint density at radius 2 is 0.823 bits per heavy atom. The number of rotatable bonds is 19. The molecule has 0 amide bonds. The van der Waals surface area contributed by atoms with Gasteiger partial charge in [0.15, 0.2) is 6.61 Å². The minimum absolute atomic E-state index is 0.00547. The maximum atomic E-state index is 13.1. The summed E-state index contributed by atoms with van der Waals surface area (Å²) >= 11 is 0. The molecule has 7 aliphatic heterocycles. The summed E-state index contributed by atoms with van der Waals surface area (Å²) in [7, 11) is -3.44. The molecule has 0 N–H and O–H groups in total. The van der Waals surface area contributed by atoms with Gasteiger partial charge in [-0.1, -0.05) is 67.2 Å². The smallest absolute Gasteiger partial charge is 0.344 e. The highest BCUT2D eigenvalue weighted by molar-refractivity contribution is 7.87. The van der Waals surface area contributed by atoms with Crippen molar-refractivity contribution < 1.29 is 79.3 Å². The van der Waals surface area contributed by atoms with E-state index in [2.05, 4.69) is 40.4 Å². The van der Waals surface area contributed by atoms with Crippen LogP contribution in [0.5, 0.6) is 0 Å². The third-order valence-electron chi connectivity index (χ3n) is 26.5. The second kappa shape index (κ2) is 29.9. The van der Waals surface area contributed by atoms with Crippen LogP contribution in [0, 0.1) is 101 Å². The lowest BCUT2D eigenvalue weighted by Crippen LogP contribution is -2.62. The first kappa shape index (κ1) is 70.5. The van der Waals surface area contributed by atoms with Crippen LogP contribution >= 0.6 is 0 Å². The summed E-state index contributed by atoms with van der Waals surface area (Å²) < 4.78 is 68.6. The number of likely N-dealkylation sites (tertiary alicyclic amines) is 4. The molecule has 538 valence electrons. The summed E-state index contributed by atoms with van der Waals surface area (Å²) in [6, 6.07) is 0. The highest BCUT2D eigenvalue weighted by atomic mass is 32.2. The maximum Gasteiger partial charge on any atom is 0.344 e. The molecule has 21 nitrogen and oxygen atoms in total. The average molecular weight is 1360 g/mol. The zero-order valence-corrected chi connectivity index (χ0v) is 59.3. The molecule has 19 atom stereocenters. The second-order valence-corrected chi connectivity index (χ2v) is 35.2. The number of esters is 7. The lowest BCUT2D eigenvalue weighted by Gasteiger charge is -2.62. The van der Waals surface area contributed by atoms with Crippen molar-refractivity contribution in [1.82, 2.24) is 19.6 Å². The molecule has 0 aromatic heterocycles. The normalized spacial score (nSPS) is 40.6. The summed E-state index contributed by atoms with van der Waals surface area (Å²) in [6.07, 6.45) is 24.6. The molecule has 22 heteroatoms. The van der Waals surface area contributed by atoms with Gasteiger partial charge in [0.05, 0.1) is 40.8 Å². The van der Waals surface area contributed by atoms with Gasteiger partial charge in [-0.3, -0.25) is 33.0 Å². The van der Waals surface area contributed by atoms with Crippen LogP contribution in [0.4, 0.5) is 0 Å². The highest BCUT2D eigenvalue weighted by Gasteiger charge is 2.67. The van der Waals surface area contributed by atoms with Crippen LogP contribution in [0.15, 0.2) is 0 Å². The standard InChI is InChI=1S/C22H37NO2.C19H27NO6.C17H25NO4.C16H25NO5S/c1-15(2)22(19-10-17-9-18(12-19)13-20(22)11-17)25-21(24)16(3)14-23-7-5-4-6-8-23;1-11(9-20-5-3-2-4-6-20)18(22)24-10-15(21)25-16-12-7-13-14(8-12)19(23)26-17(13)16;1-10(9-18-5-3-2-4-6-18)16(19)21-14-11-7-12-13(8-11)17(20)22-15(12)14;1-10(9-17-5-3-2-4-6-17)16(18)21-14-11-7-12-13(8-11)23(19,20)22-15(12)14/h15-20H,4-14H2,1-3H3;11-14,16-17H,2-10H2,1H3;10-15H,2-9H2,1H3;10-15H,2-9H2,1H3. The van der Waals surface area contributed by atoms with Crippen molar-refractivity contribution >= 4 is 51.9 Å². The Bertz CT molecular complexity index is 2880. The molecule has 17 fully saturated rings. The van der Waals surface area contributed by atoms with Gasteiger partial charge >= 0.3 is 41.8 Å². The van der Waals surface area contributed by atoms with Gasteiger partial charge in [0, 0.05) is 61.7 Å². The molecule has 19 unspecified atom stereocenters. The Morgan fingerprint density at radius 3 is 1.25 bits per heavy atom. The number of fused-ring (bicyclic) bond motifs is 3.